The second-order valence-electron chi connectivity index (χ2n) is 1.02. The molecule has 1 heterocycles. The van der Waals surface area contributed by atoms with Crippen LogP contribution in [-0.4, -0.2) is 4.98 Å². The summed E-state index contributed by atoms with van der Waals surface area (Å²) in [5.74, 6) is 0. The van der Waals surface area contributed by atoms with Crippen LogP contribution in [-0.2, 0) is 44.3 Å². The first-order valence-corrected chi connectivity index (χ1v) is 2.87. The van der Waals surface area contributed by atoms with Crippen molar-refractivity contribution in [1.82, 2.24) is 4.98 Å². The molecule has 86 valence electrons. The van der Waals surface area contributed by atoms with Crippen molar-refractivity contribution in [2.24, 2.45) is 0 Å². The Kier molecular flexibility index (Phi) is 275. The topological polar surface area (TPSA) is 112 Å². The van der Waals surface area contributed by atoms with E-state index in [0.29, 0.717) is 0 Å². The Bertz CT molecular complexity index is 217. The van der Waals surface area contributed by atoms with Gasteiger partial charge in [0.1, 0.15) is 0 Å². The van der Waals surface area contributed by atoms with Crippen LogP contribution in [0, 0.1) is 33.3 Å². The molecule has 1 aromatic heterocycles. The third-order valence-corrected chi connectivity index (χ3v) is 0.566. The fourth-order valence-corrected chi connectivity index (χ4v) is 0.313. The van der Waals surface area contributed by atoms with E-state index in [1.165, 1.54) is 0 Å². The molecule has 1 aromatic rings. The quantitative estimate of drug-likeness (QED) is 0.395. The van der Waals surface area contributed by atoms with Gasteiger partial charge in [-0.3, -0.25) is 4.98 Å². The second-order valence-corrected chi connectivity index (χ2v) is 1.02. The SMILES string of the molecule is [C-]#[O+].[C-]#[O+].[C-]#[O+].[C-]#[O+].[C-]#[O+].[Mo].c1ccncc1. The Morgan fingerprint density at radius 3 is 0.824 bits per heavy atom. The van der Waals surface area contributed by atoms with Crippen LogP contribution in [0.25, 0.3) is 0 Å². The summed E-state index contributed by atoms with van der Waals surface area (Å²) in [6.07, 6.45) is 3.50. The van der Waals surface area contributed by atoms with Gasteiger partial charge in [0.2, 0.25) is 0 Å². The summed E-state index contributed by atoms with van der Waals surface area (Å²) in [6.45, 7) is 22.5. The van der Waals surface area contributed by atoms with Gasteiger partial charge in [0, 0.05) is 33.5 Å². The van der Waals surface area contributed by atoms with Crippen LogP contribution in [0.5, 0.6) is 0 Å². The summed E-state index contributed by atoms with van der Waals surface area (Å²) in [4.78, 5) is 3.78. The Hall–Kier alpha value is -1.46. The van der Waals surface area contributed by atoms with E-state index in [-0.39, 0.29) is 21.1 Å². The predicted octanol–water partition coefficient (Wildman–Crippen LogP) is 0.892. The average Bonchev–Trinajstić information content (AvgIpc) is 2.51. The van der Waals surface area contributed by atoms with Gasteiger partial charge in [0.25, 0.3) is 0 Å². The largest absolute Gasteiger partial charge is 0.265 e. The molecule has 0 aliphatic rings. The minimum atomic E-state index is 0. The molecule has 0 unspecified atom stereocenters. The molecule has 0 aliphatic heterocycles. The van der Waals surface area contributed by atoms with Crippen molar-refractivity contribution in [1.29, 1.82) is 0 Å². The van der Waals surface area contributed by atoms with Gasteiger partial charge in [-0.05, 0) is 12.1 Å². The van der Waals surface area contributed by atoms with Crippen LogP contribution in [0.4, 0.5) is 0 Å². The molecular formula is C10H5MoNO5. The molecular weight excluding hydrogens is 310 g/mol. The molecule has 0 radical (unpaired) electrons. The number of nitrogens with zero attached hydrogens (tertiary/aromatic N) is 1. The van der Waals surface area contributed by atoms with E-state index in [9.17, 15) is 0 Å². The van der Waals surface area contributed by atoms with Gasteiger partial charge in [-0.25, -0.2) is 0 Å². The van der Waals surface area contributed by atoms with Gasteiger partial charge < -0.3 is 0 Å². The van der Waals surface area contributed by atoms with Gasteiger partial charge >= 0.3 is 56.5 Å². The molecule has 0 atom stereocenters. The number of pyridine rings is 1. The van der Waals surface area contributed by atoms with Crippen molar-refractivity contribution in [3.05, 3.63) is 63.8 Å². The smallest absolute Gasteiger partial charge is 0.0267 e. The van der Waals surface area contributed by atoms with Crippen LogP contribution >= 0.6 is 0 Å². The molecule has 0 aliphatic carbocycles. The van der Waals surface area contributed by atoms with Crippen LogP contribution in [0.3, 0.4) is 0 Å². The van der Waals surface area contributed by atoms with Crippen LogP contribution in [0.1, 0.15) is 0 Å². The van der Waals surface area contributed by atoms with Crippen molar-refractivity contribution in [2.45, 2.75) is 0 Å². The molecule has 0 bridgehead atoms. The third-order valence-electron chi connectivity index (χ3n) is 0.566. The van der Waals surface area contributed by atoms with Crippen molar-refractivity contribution >= 4 is 0 Å². The molecule has 0 saturated heterocycles. The molecule has 0 saturated carbocycles. The van der Waals surface area contributed by atoms with Crippen LogP contribution < -0.4 is 0 Å². The minimum Gasteiger partial charge on any atom is -0.265 e. The van der Waals surface area contributed by atoms with E-state index in [1.807, 2.05) is 18.2 Å². The predicted molar refractivity (Wildman–Crippen MR) is 43.9 cm³/mol. The first-order chi connectivity index (χ1) is 8.00. The first kappa shape index (κ1) is 36.1. The zero-order valence-corrected chi connectivity index (χ0v) is 10.3. The number of hydrogen-bond donors (Lipinski definition) is 0. The fraction of sp³-hybridized carbons (Fsp3) is 0. The number of rotatable bonds is 0. The zero-order valence-electron chi connectivity index (χ0n) is 8.28. The molecule has 0 N–H and O–H groups in total. The van der Waals surface area contributed by atoms with Gasteiger partial charge in [-0.1, -0.05) is 6.07 Å². The normalized spacial score (nSPS) is 3.41. The van der Waals surface area contributed by atoms with Crippen LogP contribution in [0.15, 0.2) is 30.6 Å². The Morgan fingerprint density at radius 2 is 0.765 bits per heavy atom. The summed E-state index contributed by atoms with van der Waals surface area (Å²) in [5.41, 5.74) is 0. The fourth-order valence-electron chi connectivity index (χ4n) is 0.313. The van der Waals surface area contributed by atoms with Crippen molar-refractivity contribution < 1.29 is 44.3 Å². The third kappa shape index (κ3) is 111. The summed E-state index contributed by atoms with van der Waals surface area (Å²) >= 11 is 0. The van der Waals surface area contributed by atoms with E-state index in [0.717, 1.165) is 0 Å². The molecule has 6 nitrogen and oxygen atoms in total. The van der Waals surface area contributed by atoms with E-state index in [1.54, 1.807) is 12.4 Å². The maximum atomic E-state index is 7.50. The maximum Gasteiger partial charge on any atom is 0.0267 e. The van der Waals surface area contributed by atoms with E-state index in [4.69, 9.17) is 23.3 Å². The molecule has 0 aromatic carbocycles. The summed E-state index contributed by atoms with van der Waals surface area (Å²) in [5, 5.41) is 0. The molecule has 17 heavy (non-hydrogen) atoms. The maximum absolute atomic E-state index is 7.50. The molecule has 0 fully saturated rings. The van der Waals surface area contributed by atoms with E-state index >= 15 is 0 Å². The molecule has 0 amide bonds. The van der Waals surface area contributed by atoms with Gasteiger partial charge in [0.15, 0.2) is 0 Å². The average molecular weight is 315 g/mol. The first-order valence-electron chi connectivity index (χ1n) is 2.87. The minimum absolute atomic E-state index is 0. The van der Waals surface area contributed by atoms with Gasteiger partial charge in [-0.2, -0.15) is 0 Å². The molecule has 0 spiro atoms. The van der Waals surface area contributed by atoms with Gasteiger partial charge in [0.05, 0.1) is 0 Å². The Balaban J connectivity index is -0.0000000242. The van der Waals surface area contributed by atoms with Crippen molar-refractivity contribution in [2.75, 3.05) is 0 Å². The number of aromatic nitrogens is 1. The summed E-state index contributed by atoms with van der Waals surface area (Å²) in [6, 6.07) is 5.72. The second kappa shape index (κ2) is 129. The Labute approximate surface area is 113 Å². The van der Waals surface area contributed by atoms with Crippen molar-refractivity contribution in [3.8, 4) is 0 Å². The van der Waals surface area contributed by atoms with E-state index < -0.39 is 0 Å². The monoisotopic (exact) mass is 317 g/mol. The van der Waals surface area contributed by atoms with Crippen LogP contribution in [0.2, 0.25) is 0 Å². The van der Waals surface area contributed by atoms with Gasteiger partial charge in [-0.15, -0.1) is 0 Å². The zero-order chi connectivity index (χ0) is 14.2. The summed E-state index contributed by atoms with van der Waals surface area (Å²) < 4.78 is 37.5. The van der Waals surface area contributed by atoms with Crippen molar-refractivity contribution in [3.63, 3.8) is 0 Å². The standard InChI is InChI=1S/C5H5N.5CO.Mo/c1-2-4-6-5-3-1;5*1-2;/h1-5H;;;;;;. The number of hydrogen-bond acceptors (Lipinski definition) is 1. The Morgan fingerprint density at radius 1 is 0.529 bits per heavy atom. The van der Waals surface area contributed by atoms with E-state index in [2.05, 4.69) is 38.2 Å². The molecule has 1 rings (SSSR count). The molecule has 7 heteroatoms. The summed E-state index contributed by atoms with van der Waals surface area (Å²) in [7, 11) is 0.